The van der Waals surface area contributed by atoms with E-state index in [9.17, 15) is 0 Å². The Balaban J connectivity index is 1.71. The first-order valence-corrected chi connectivity index (χ1v) is 7.14. The summed E-state index contributed by atoms with van der Waals surface area (Å²) in [6.07, 6.45) is 2.69. The molecule has 2 aliphatic heterocycles. The SMILES string of the molecule is CN(Cc1cc(N)cc2c1OCOC2)CC1CCCO1. The van der Waals surface area contributed by atoms with Crippen LogP contribution in [-0.4, -0.2) is 38.0 Å². The Hall–Kier alpha value is -1.30. The zero-order chi connectivity index (χ0) is 13.9. The van der Waals surface area contributed by atoms with E-state index in [-0.39, 0.29) is 0 Å². The van der Waals surface area contributed by atoms with Crippen LogP contribution in [-0.2, 0) is 22.6 Å². The van der Waals surface area contributed by atoms with E-state index >= 15 is 0 Å². The van der Waals surface area contributed by atoms with Crippen molar-refractivity contribution in [2.24, 2.45) is 0 Å². The van der Waals surface area contributed by atoms with E-state index in [1.54, 1.807) is 0 Å². The highest BCUT2D eigenvalue weighted by molar-refractivity contribution is 5.53. The summed E-state index contributed by atoms with van der Waals surface area (Å²) >= 11 is 0. The maximum absolute atomic E-state index is 5.97. The predicted molar refractivity (Wildman–Crippen MR) is 76.4 cm³/mol. The second-order valence-electron chi connectivity index (χ2n) is 5.61. The minimum atomic E-state index is 0.319. The summed E-state index contributed by atoms with van der Waals surface area (Å²) in [6.45, 7) is 3.54. The number of fused-ring (bicyclic) bond motifs is 1. The zero-order valence-electron chi connectivity index (χ0n) is 11.9. The number of rotatable bonds is 4. The van der Waals surface area contributed by atoms with Crippen LogP contribution in [0.25, 0.3) is 0 Å². The molecule has 1 aromatic carbocycles. The Bertz CT molecular complexity index is 472. The quantitative estimate of drug-likeness (QED) is 0.850. The molecule has 0 amide bonds. The summed E-state index contributed by atoms with van der Waals surface area (Å²) in [4.78, 5) is 2.27. The molecule has 110 valence electrons. The Morgan fingerprint density at radius 2 is 2.30 bits per heavy atom. The fraction of sp³-hybridized carbons (Fsp3) is 0.600. The van der Waals surface area contributed by atoms with Gasteiger partial charge in [0, 0.05) is 36.5 Å². The first kappa shape index (κ1) is 13.7. The highest BCUT2D eigenvalue weighted by atomic mass is 16.7. The maximum Gasteiger partial charge on any atom is 0.189 e. The van der Waals surface area contributed by atoms with E-state index in [4.69, 9.17) is 19.9 Å². The molecule has 2 aliphatic rings. The van der Waals surface area contributed by atoms with Crippen LogP contribution in [0.1, 0.15) is 24.0 Å². The van der Waals surface area contributed by atoms with Crippen molar-refractivity contribution in [1.82, 2.24) is 4.90 Å². The summed E-state index contributed by atoms with van der Waals surface area (Å²) in [7, 11) is 2.11. The molecule has 0 bridgehead atoms. The summed E-state index contributed by atoms with van der Waals surface area (Å²) in [5, 5.41) is 0. The van der Waals surface area contributed by atoms with E-state index in [1.165, 1.54) is 6.42 Å². The number of benzene rings is 1. The normalized spacial score (nSPS) is 21.8. The van der Waals surface area contributed by atoms with Crippen LogP contribution >= 0.6 is 0 Å². The minimum absolute atomic E-state index is 0.319. The molecular formula is C15H22N2O3. The summed E-state index contributed by atoms with van der Waals surface area (Å²) < 4.78 is 16.6. The lowest BCUT2D eigenvalue weighted by Crippen LogP contribution is -2.29. The van der Waals surface area contributed by atoms with Gasteiger partial charge in [-0.2, -0.15) is 0 Å². The first-order valence-electron chi connectivity index (χ1n) is 7.14. The average molecular weight is 278 g/mol. The second kappa shape index (κ2) is 5.99. The van der Waals surface area contributed by atoms with Gasteiger partial charge in [-0.1, -0.05) is 0 Å². The predicted octanol–water partition coefficient (Wildman–Crippen LogP) is 1.75. The Morgan fingerprint density at radius 3 is 3.10 bits per heavy atom. The van der Waals surface area contributed by atoms with Crippen molar-refractivity contribution in [3.8, 4) is 5.75 Å². The molecule has 0 radical (unpaired) electrons. The molecule has 20 heavy (non-hydrogen) atoms. The van der Waals surface area contributed by atoms with Crippen molar-refractivity contribution in [1.29, 1.82) is 0 Å². The van der Waals surface area contributed by atoms with Crippen LogP contribution in [0.5, 0.6) is 5.75 Å². The van der Waals surface area contributed by atoms with Crippen molar-refractivity contribution >= 4 is 5.69 Å². The van der Waals surface area contributed by atoms with Gasteiger partial charge >= 0.3 is 0 Å². The van der Waals surface area contributed by atoms with Crippen molar-refractivity contribution in [2.75, 3.05) is 32.7 Å². The minimum Gasteiger partial charge on any atom is -0.467 e. The van der Waals surface area contributed by atoms with Gasteiger partial charge < -0.3 is 19.9 Å². The molecule has 2 heterocycles. The van der Waals surface area contributed by atoms with Gasteiger partial charge in [-0.3, -0.25) is 4.90 Å². The van der Waals surface area contributed by atoms with Gasteiger partial charge in [0.25, 0.3) is 0 Å². The highest BCUT2D eigenvalue weighted by Gasteiger charge is 2.20. The number of likely N-dealkylation sites (N-methyl/N-ethyl adjacent to an activating group) is 1. The van der Waals surface area contributed by atoms with Crippen LogP contribution in [0, 0.1) is 0 Å². The number of ether oxygens (including phenoxy) is 3. The molecule has 5 nitrogen and oxygen atoms in total. The fourth-order valence-electron chi connectivity index (χ4n) is 2.93. The average Bonchev–Trinajstić information content (AvgIpc) is 2.91. The monoisotopic (exact) mass is 278 g/mol. The number of nitrogen functional groups attached to an aromatic ring is 1. The third-order valence-corrected chi connectivity index (χ3v) is 3.79. The number of hydrogen-bond acceptors (Lipinski definition) is 5. The first-order chi connectivity index (χ1) is 9.72. The second-order valence-corrected chi connectivity index (χ2v) is 5.61. The molecule has 0 aromatic heterocycles. The largest absolute Gasteiger partial charge is 0.467 e. The summed E-state index contributed by atoms with van der Waals surface area (Å²) in [6, 6.07) is 3.92. The summed E-state index contributed by atoms with van der Waals surface area (Å²) in [5.41, 5.74) is 8.90. The van der Waals surface area contributed by atoms with Crippen LogP contribution in [0.2, 0.25) is 0 Å². The Labute approximate surface area is 119 Å². The number of hydrogen-bond donors (Lipinski definition) is 1. The van der Waals surface area contributed by atoms with Gasteiger partial charge in [-0.25, -0.2) is 0 Å². The van der Waals surface area contributed by atoms with Gasteiger partial charge in [0.2, 0.25) is 0 Å². The molecule has 2 N–H and O–H groups in total. The molecular weight excluding hydrogens is 256 g/mol. The summed E-state index contributed by atoms with van der Waals surface area (Å²) in [5.74, 6) is 0.935. The van der Waals surface area contributed by atoms with Gasteiger partial charge in [0.1, 0.15) is 5.75 Å². The highest BCUT2D eigenvalue weighted by Crippen LogP contribution is 2.31. The molecule has 1 aromatic rings. The van der Waals surface area contributed by atoms with Crippen LogP contribution in [0.3, 0.4) is 0 Å². The third kappa shape index (κ3) is 3.06. The molecule has 0 aliphatic carbocycles. The van der Waals surface area contributed by atoms with Gasteiger partial charge in [0.05, 0.1) is 12.7 Å². The lowest BCUT2D eigenvalue weighted by atomic mass is 10.1. The molecule has 1 saturated heterocycles. The van der Waals surface area contributed by atoms with Crippen molar-refractivity contribution in [2.45, 2.75) is 32.1 Å². The third-order valence-electron chi connectivity index (χ3n) is 3.79. The molecule has 5 heteroatoms. The van der Waals surface area contributed by atoms with Crippen molar-refractivity contribution in [3.63, 3.8) is 0 Å². The van der Waals surface area contributed by atoms with Gasteiger partial charge in [0.15, 0.2) is 6.79 Å². The van der Waals surface area contributed by atoms with Crippen molar-refractivity contribution < 1.29 is 14.2 Å². The zero-order valence-corrected chi connectivity index (χ0v) is 11.9. The molecule has 0 spiro atoms. The number of anilines is 1. The van der Waals surface area contributed by atoms with E-state index < -0.39 is 0 Å². The molecule has 1 fully saturated rings. The van der Waals surface area contributed by atoms with E-state index in [1.807, 2.05) is 12.1 Å². The Kier molecular flexibility index (Phi) is 4.10. The number of nitrogens with two attached hydrogens (primary N) is 1. The number of nitrogens with zero attached hydrogens (tertiary/aromatic N) is 1. The van der Waals surface area contributed by atoms with E-state index in [0.717, 1.165) is 48.7 Å². The lowest BCUT2D eigenvalue weighted by molar-refractivity contribution is -0.0175. The molecule has 1 atom stereocenters. The Morgan fingerprint density at radius 1 is 1.40 bits per heavy atom. The molecule has 0 saturated carbocycles. The standard InChI is InChI=1S/C15H22N2O3/c1-17(8-14-3-2-4-19-14)7-11-5-13(16)6-12-9-18-10-20-15(11)12/h5-6,14H,2-4,7-10,16H2,1H3. The van der Waals surface area contributed by atoms with E-state index in [0.29, 0.717) is 19.5 Å². The van der Waals surface area contributed by atoms with E-state index in [2.05, 4.69) is 11.9 Å². The van der Waals surface area contributed by atoms with Crippen LogP contribution < -0.4 is 10.5 Å². The molecule has 3 rings (SSSR count). The molecule has 1 unspecified atom stereocenters. The fourth-order valence-corrected chi connectivity index (χ4v) is 2.93. The van der Waals surface area contributed by atoms with Gasteiger partial charge in [-0.15, -0.1) is 0 Å². The van der Waals surface area contributed by atoms with Gasteiger partial charge in [-0.05, 0) is 32.0 Å². The van der Waals surface area contributed by atoms with Crippen LogP contribution in [0.15, 0.2) is 12.1 Å². The maximum atomic E-state index is 5.97. The smallest absolute Gasteiger partial charge is 0.189 e. The van der Waals surface area contributed by atoms with Crippen molar-refractivity contribution in [3.05, 3.63) is 23.3 Å². The lowest BCUT2D eigenvalue weighted by Gasteiger charge is -2.25. The van der Waals surface area contributed by atoms with Crippen LogP contribution in [0.4, 0.5) is 5.69 Å². The topological polar surface area (TPSA) is 57.0 Å².